The molecule has 0 aromatic rings. The molecule has 1 unspecified atom stereocenters. The molecule has 4 nitrogen and oxygen atoms in total. The highest BCUT2D eigenvalue weighted by molar-refractivity contribution is 5.78. The Morgan fingerprint density at radius 1 is 1.33 bits per heavy atom. The fourth-order valence-corrected chi connectivity index (χ4v) is 2.55. The predicted octanol–water partition coefficient (Wildman–Crippen LogP) is 1.21. The summed E-state index contributed by atoms with van der Waals surface area (Å²) in [7, 11) is 4.12. The highest BCUT2D eigenvalue weighted by Crippen LogP contribution is 2.28. The molecule has 0 spiro atoms. The molecule has 1 fully saturated rings. The maximum absolute atomic E-state index is 12.1. The van der Waals surface area contributed by atoms with Crippen LogP contribution in [0.15, 0.2) is 0 Å². The predicted molar refractivity (Wildman–Crippen MR) is 75.3 cm³/mol. The van der Waals surface area contributed by atoms with E-state index < -0.39 is 0 Å². The van der Waals surface area contributed by atoms with Gasteiger partial charge in [0, 0.05) is 12.0 Å². The van der Waals surface area contributed by atoms with Gasteiger partial charge in [0.05, 0.1) is 0 Å². The van der Waals surface area contributed by atoms with Crippen molar-refractivity contribution in [3.8, 4) is 0 Å². The lowest BCUT2D eigenvalue weighted by atomic mass is 9.81. The normalized spacial score (nSPS) is 26.1. The van der Waals surface area contributed by atoms with Gasteiger partial charge in [-0.2, -0.15) is 0 Å². The Labute approximate surface area is 111 Å². The number of hydrogen-bond donors (Lipinski definition) is 2. The Morgan fingerprint density at radius 2 is 1.94 bits per heavy atom. The van der Waals surface area contributed by atoms with Gasteiger partial charge in [-0.1, -0.05) is 0 Å². The molecule has 0 saturated heterocycles. The van der Waals surface area contributed by atoms with Crippen molar-refractivity contribution in [3.63, 3.8) is 0 Å². The lowest BCUT2D eigenvalue weighted by molar-refractivity contribution is -0.126. The molecule has 106 valence electrons. The van der Waals surface area contributed by atoms with E-state index >= 15 is 0 Å². The molecule has 1 saturated carbocycles. The first-order valence-corrected chi connectivity index (χ1v) is 7.18. The van der Waals surface area contributed by atoms with Crippen LogP contribution in [0.3, 0.4) is 0 Å². The quantitative estimate of drug-likeness (QED) is 0.750. The van der Waals surface area contributed by atoms with Crippen molar-refractivity contribution < 1.29 is 4.79 Å². The molecule has 18 heavy (non-hydrogen) atoms. The zero-order valence-corrected chi connectivity index (χ0v) is 12.1. The van der Waals surface area contributed by atoms with E-state index in [-0.39, 0.29) is 17.9 Å². The summed E-state index contributed by atoms with van der Waals surface area (Å²) in [4.78, 5) is 14.2. The Bertz CT molecular complexity index is 247. The van der Waals surface area contributed by atoms with Crippen LogP contribution in [-0.4, -0.2) is 44.0 Å². The van der Waals surface area contributed by atoms with Gasteiger partial charge in [0.15, 0.2) is 0 Å². The van der Waals surface area contributed by atoms with Crippen LogP contribution < -0.4 is 11.1 Å². The van der Waals surface area contributed by atoms with Gasteiger partial charge in [0.1, 0.15) is 0 Å². The smallest absolute Gasteiger partial charge is 0.223 e. The van der Waals surface area contributed by atoms with Crippen LogP contribution in [-0.2, 0) is 4.79 Å². The van der Waals surface area contributed by atoms with Gasteiger partial charge in [-0.05, 0) is 72.1 Å². The van der Waals surface area contributed by atoms with E-state index in [9.17, 15) is 4.79 Å². The van der Waals surface area contributed by atoms with Crippen molar-refractivity contribution in [1.82, 2.24) is 10.2 Å². The minimum absolute atomic E-state index is 0.217. The summed E-state index contributed by atoms with van der Waals surface area (Å²) < 4.78 is 0. The molecule has 1 aliphatic carbocycles. The van der Waals surface area contributed by atoms with Gasteiger partial charge in [-0.15, -0.1) is 0 Å². The minimum Gasteiger partial charge on any atom is -0.353 e. The zero-order chi connectivity index (χ0) is 13.5. The van der Waals surface area contributed by atoms with E-state index in [1.807, 2.05) is 0 Å². The van der Waals surface area contributed by atoms with Gasteiger partial charge in [-0.25, -0.2) is 0 Å². The van der Waals surface area contributed by atoms with Crippen LogP contribution in [0, 0.1) is 11.8 Å². The minimum atomic E-state index is 0.217. The van der Waals surface area contributed by atoms with E-state index in [0.717, 1.165) is 45.2 Å². The molecule has 0 aromatic carbocycles. The summed E-state index contributed by atoms with van der Waals surface area (Å²) in [5.41, 5.74) is 5.67. The van der Waals surface area contributed by atoms with E-state index in [4.69, 9.17) is 5.73 Å². The third-order valence-corrected chi connectivity index (χ3v) is 3.95. The first-order chi connectivity index (χ1) is 8.52. The Hall–Kier alpha value is -0.610. The molecule has 1 atom stereocenters. The van der Waals surface area contributed by atoms with Gasteiger partial charge in [0.25, 0.3) is 0 Å². The van der Waals surface area contributed by atoms with Gasteiger partial charge < -0.3 is 16.0 Å². The second kappa shape index (κ2) is 7.74. The van der Waals surface area contributed by atoms with Crippen molar-refractivity contribution in [2.45, 2.75) is 45.1 Å². The standard InChI is InChI=1S/C14H29N3O/c1-11(8-9-17(2)3)16-14(18)13-6-4-12(10-15)5-7-13/h11-13H,4-10,15H2,1-3H3,(H,16,18). The molecule has 1 rings (SSSR count). The van der Waals surface area contributed by atoms with Crippen LogP contribution in [0.4, 0.5) is 0 Å². The number of amides is 1. The molecule has 0 radical (unpaired) electrons. The lowest BCUT2D eigenvalue weighted by Gasteiger charge is -2.28. The summed E-state index contributed by atoms with van der Waals surface area (Å²) in [6, 6.07) is 0.270. The Morgan fingerprint density at radius 3 is 2.44 bits per heavy atom. The highest BCUT2D eigenvalue weighted by Gasteiger charge is 2.26. The highest BCUT2D eigenvalue weighted by atomic mass is 16.1. The van der Waals surface area contributed by atoms with Gasteiger partial charge in [-0.3, -0.25) is 4.79 Å². The summed E-state index contributed by atoms with van der Waals surface area (Å²) in [6.07, 6.45) is 5.25. The van der Waals surface area contributed by atoms with Crippen LogP contribution >= 0.6 is 0 Å². The van der Waals surface area contributed by atoms with Crippen LogP contribution in [0.1, 0.15) is 39.0 Å². The summed E-state index contributed by atoms with van der Waals surface area (Å²) >= 11 is 0. The topological polar surface area (TPSA) is 58.4 Å². The molecule has 0 bridgehead atoms. The Kier molecular flexibility index (Phi) is 6.65. The fraction of sp³-hybridized carbons (Fsp3) is 0.929. The molecule has 0 heterocycles. The Balaban J connectivity index is 2.24. The lowest BCUT2D eigenvalue weighted by Crippen LogP contribution is -2.40. The van der Waals surface area contributed by atoms with E-state index in [0.29, 0.717) is 5.92 Å². The number of nitrogens with two attached hydrogens (primary N) is 1. The molecule has 0 aliphatic heterocycles. The maximum atomic E-state index is 12.1. The summed E-state index contributed by atoms with van der Waals surface area (Å²) in [5.74, 6) is 1.10. The van der Waals surface area contributed by atoms with Crippen molar-refractivity contribution in [3.05, 3.63) is 0 Å². The fourth-order valence-electron chi connectivity index (χ4n) is 2.55. The molecule has 0 aromatic heterocycles. The molecule has 1 aliphatic rings. The van der Waals surface area contributed by atoms with Gasteiger partial charge >= 0.3 is 0 Å². The van der Waals surface area contributed by atoms with Crippen molar-refractivity contribution in [2.24, 2.45) is 17.6 Å². The van der Waals surface area contributed by atoms with E-state index in [2.05, 4.69) is 31.2 Å². The molecular formula is C14H29N3O. The van der Waals surface area contributed by atoms with Crippen LogP contribution in [0.25, 0.3) is 0 Å². The first kappa shape index (κ1) is 15.4. The summed E-state index contributed by atoms with van der Waals surface area (Å²) in [6.45, 7) is 3.88. The van der Waals surface area contributed by atoms with Gasteiger partial charge in [0.2, 0.25) is 5.91 Å². The largest absolute Gasteiger partial charge is 0.353 e. The molecule has 3 N–H and O–H groups in total. The average Bonchev–Trinajstić information content (AvgIpc) is 2.36. The number of rotatable bonds is 6. The average molecular weight is 255 g/mol. The zero-order valence-electron chi connectivity index (χ0n) is 12.1. The van der Waals surface area contributed by atoms with Crippen LogP contribution in [0.5, 0.6) is 0 Å². The van der Waals surface area contributed by atoms with Crippen molar-refractivity contribution in [2.75, 3.05) is 27.2 Å². The number of hydrogen-bond acceptors (Lipinski definition) is 3. The summed E-state index contributed by atoms with van der Waals surface area (Å²) in [5, 5.41) is 3.14. The monoisotopic (exact) mass is 255 g/mol. The number of carbonyl (C=O) groups excluding carboxylic acids is 1. The molecule has 1 amide bonds. The van der Waals surface area contributed by atoms with E-state index in [1.54, 1.807) is 0 Å². The third kappa shape index (κ3) is 5.36. The molecule has 4 heteroatoms. The van der Waals surface area contributed by atoms with Crippen molar-refractivity contribution >= 4 is 5.91 Å². The second-order valence-corrected chi connectivity index (χ2v) is 5.95. The molecular weight excluding hydrogens is 226 g/mol. The van der Waals surface area contributed by atoms with Crippen LogP contribution in [0.2, 0.25) is 0 Å². The third-order valence-electron chi connectivity index (χ3n) is 3.95. The first-order valence-electron chi connectivity index (χ1n) is 7.18. The maximum Gasteiger partial charge on any atom is 0.223 e. The number of nitrogens with zero attached hydrogens (tertiary/aromatic N) is 1. The number of nitrogens with one attached hydrogen (secondary N) is 1. The number of carbonyl (C=O) groups is 1. The van der Waals surface area contributed by atoms with Crippen molar-refractivity contribution in [1.29, 1.82) is 0 Å². The van der Waals surface area contributed by atoms with E-state index in [1.165, 1.54) is 0 Å². The second-order valence-electron chi connectivity index (χ2n) is 5.95. The SMILES string of the molecule is CC(CCN(C)C)NC(=O)C1CCC(CN)CC1.